The molecule has 0 aliphatic carbocycles. The zero-order valence-electron chi connectivity index (χ0n) is 12.7. The lowest BCUT2D eigenvalue weighted by atomic mass is 9.87. The Bertz CT molecular complexity index is 526. The number of nitrogens with zero attached hydrogens (tertiary/aromatic N) is 1. The molecule has 0 aromatic heterocycles. The highest BCUT2D eigenvalue weighted by Gasteiger charge is 2.29. The van der Waals surface area contributed by atoms with E-state index in [0.717, 1.165) is 6.29 Å². The molecule has 0 aliphatic heterocycles. The van der Waals surface area contributed by atoms with Crippen LogP contribution in [0.15, 0.2) is 24.3 Å². The first kappa shape index (κ1) is 20.3. The molecule has 22 heavy (non-hydrogen) atoms. The smallest absolute Gasteiger partial charge is 0.206 e. The monoisotopic (exact) mass is 367 g/mol. The summed E-state index contributed by atoms with van der Waals surface area (Å²) in [5.41, 5.74) is -0.358. The topological polar surface area (TPSA) is 79.2 Å². The number of carbonyl (C=O) groups excluding carboxylic acids is 2. The SMILES string of the molecule is Br.CC(C)([C]=O)C(C=O)NCCCOc1ccccc1C#N. The standard InChI is InChI=1S/C16H19N2O3.BrH/c1-16(2,12-20)15(11-19)18-8-5-9-21-14-7-4-3-6-13(14)10-17;/h3-4,6-7,11,15,18H,5,8-9H2,1-2H3;1H. The molecule has 0 heterocycles. The number of ether oxygens (including phenoxy) is 1. The van der Waals surface area contributed by atoms with Gasteiger partial charge in [0.15, 0.2) is 0 Å². The quantitative estimate of drug-likeness (QED) is 0.534. The number of halogens is 1. The Hall–Kier alpha value is -1.71. The Labute approximate surface area is 141 Å². The predicted molar refractivity (Wildman–Crippen MR) is 88.9 cm³/mol. The van der Waals surface area contributed by atoms with Gasteiger partial charge in [-0.2, -0.15) is 5.26 Å². The number of hydrogen-bond acceptors (Lipinski definition) is 5. The van der Waals surface area contributed by atoms with Crippen molar-refractivity contribution in [3.05, 3.63) is 29.8 Å². The van der Waals surface area contributed by atoms with Gasteiger partial charge < -0.3 is 14.8 Å². The van der Waals surface area contributed by atoms with Crippen molar-refractivity contribution in [1.29, 1.82) is 5.26 Å². The summed E-state index contributed by atoms with van der Waals surface area (Å²) in [6.45, 7) is 4.27. The molecule has 0 saturated heterocycles. The van der Waals surface area contributed by atoms with Crippen molar-refractivity contribution in [3.8, 4) is 11.8 Å². The fourth-order valence-electron chi connectivity index (χ4n) is 1.73. The number of rotatable bonds is 9. The average molecular weight is 368 g/mol. The summed E-state index contributed by atoms with van der Waals surface area (Å²) < 4.78 is 5.53. The van der Waals surface area contributed by atoms with Gasteiger partial charge in [0.25, 0.3) is 0 Å². The van der Waals surface area contributed by atoms with Crippen molar-refractivity contribution >= 4 is 29.6 Å². The van der Waals surface area contributed by atoms with E-state index in [9.17, 15) is 9.59 Å². The van der Waals surface area contributed by atoms with Crippen molar-refractivity contribution in [2.24, 2.45) is 5.41 Å². The Morgan fingerprint density at radius 1 is 1.41 bits per heavy atom. The fourth-order valence-corrected chi connectivity index (χ4v) is 1.73. The second-order valence-electron chi connectivity index (χ2n) is 5.20. The number of nitrogens with one attached hydrogen (secondary N) is 1. The lowest BCUT2D eigenvalue weighted by molar-refractivity contribution is -0.111. The van der Waals surface area contributed by atoms with Crippen molar-refractivity contribution in [2.75, 3.05) is 13.2 Å². The van der Waals surface area contributed by atoms with Crippen LogP contribution in [0.5, 0.6) is 5.75 Å². The zero-order chi connectivity index (χ0) is 15.7. The van der Waals surface area contributed by atoms with Crippen LogP contribution in [0.2, 0.25) is 0 Å². The molecule has 119 valence electrons. The molecule has 0 saturated carbocycles. The highest BCUT2D eigenvalue weighted by Crippen LogP contribution is 2.17. The summed E-state index contributed by atoms with van der Waals surface area (Å²) in [6.07, 6.45) is 3.23. The second-order valence-corrected chi connectivity index (χ2v) is 5.20. The fraction of sp³-hybridized carbons (Fsp3) is 0.438. The number of para-hydroxylation sites is 1. The highest BCUT2D eigenvalue weighted by molar-refractivity contribution is 8.93. The predicted octanol–water partition coefficient (Wildman–Crippen LogP) is 2.20. The average Bonchev–Trinajstić information content (AvgIpc) is 2.50. The third-order valence-corrected chi connectivity index (χ3v) is 3.13. The first-order valence-electron chi connectivity index (χ1n) is 6.75. The van der Waals surface area contributed by atoms with Crippen LogP contribution < -0.4 is 10.1 Å². The molecule has 5 nitrogen and oxygen atoms in total. The third kappa shape index (κ3) is 5.96. The molecule has 0 bridgehead atoms. The molecule has 6 heteroatoms. The Kier molecular flexibility index (Phi) is 9.31. The maximum atomic E-state index is 11.0. The van der Waals surface area contributed by atoms with Gasteiger partial charge in [0, 0.05) is 0 Å². The van der Waals surface area contributed by atoms with Gasteiger partial charge in [-0.1, -0.05) is 26.0 Å². The minimum atomic E-state index is -0.851. The van der Waals surface area contributed by atoms with Crippen molar-refractivity contribution < 1.29 is 14.3 Å². The van der Waals surface area contributed by atoms with Gasteiger partial charge in [-0.25, -0.2) is 0 Å². The normalized spacial score (nSPS) is 11.7. The van der Waals surface area contributed by atoms with Gasteiger partial charge in [-0.15, -0.1) is 17.0 Å². The molecule has 1 aromatic carbocycles. The summed E-state index contributed by atoms with van der Waals surface area (Å²) in [7, 11) is 0. The maximum Gasteiger partial charge on any atom is 0.206 e. The van der Waals surface area contributed by atoms with Crippen molar-refractivity contribution in [3.63, 3.8) is 0 Å². The highest BCUT2D eigenvalue weighted by atomic mass is 79.9. The Morgan fingerprint density at radius 3 is 2.68 bits per heavy atom. The first-order valence-corrected chi connectivity index (χ1v) is 6.75. The molecule has 1 N–H and O–H groups in total. The van der Waals surface area contributed by atoms with E-state index in [0.29, 0.717) is 30.9 Å². The van der Waals surface area contributed by atoms with Gasteiger partial charge >= 0.3 is 0 Å². The number of carbonyl (C=O) groups is 1. The van der Waals surface area contributed by atoms with Crippen LogP contribution >= 0.6 is 17.0 Å². The third-order valence-electron chi connectivity index (χ3n) is 3.13. The number of aldehydes is 1. The van der Waals surface area contributed by atoms with Crippen LogP contribution in [0.25, 0.3) is 0 Å². The van der Waals surface area contributed by atoms with Crippen LogP contribution in [0, 0.1) is 16.7 Å². The summed E-state index contributed by atoms with van der Waals surface area (Å²) in [5, 5.41) is 11.9. The van der Waals surface area contributed by atoms with E-state index in [1.54, 1.807) is 38.1 Å². The first-order chi connectivity index (χ1) is 10.0. The van der Waals surface area contributed by atoms with E-state index in [1.165, 1.54) is 0 Å². The summed E-state index contributed by atoms with van der Waals surface area (Å²) in [5.74, 6) is 0.550. The number of nitriles is 1. The zero-order valence-corrected chi connectivity index (χ0v) is 14.4. The van der Waals surface area contributed by atoms with Crippen LogP contribution in [0.4, 0.5) is 0 Å². The molecule has 0 amide bonds. The van der Waals surface area contributed by atoms with Crippen molar-refractivity contribution in [1.82, 2.24) is 5.32 Å². The largest absolute Gasteiger partial charge is 0.492 e. The molecule has 1 aromatic rings. The summed E-state index contributed by atoms with van der Waals surface area (Å²) in [6, 6.07) is 8.51. The lowest BCUT2D eigenvalue weighted by Crippen LogP contribution is -2.44. The Balaban J connectivity index is 0.00000441. The maximum absolute atomic E-state index is 11.0. The Morgan fingerprint density at radius 2 is 2.09 bits per heavy atom. The van der Waals surface area contributed by atoms with Crippen LogP contribution in [0.1, 0.15) is 25.8 Å². The van der Waals surface area contributed by atoms with E-state index in [1.807, 2.05) is 6.29 Å². The van der Waals surface area contributed by atoms with E-state index in [-0.39, 0.29) is 17.0 Å². The lowest BCUT2D eigenvalue weighted by Gasteiger charge is -2.24. The van der Waals surface area contributed by atoms with Crippen LogP contribution in [-0.4, -0.2) is 31.8 Å². The minimum absolute atomic E-state index is 0. The van der Waals surface area contributed by atoms with Gasteiger partial charge in [0.05, 0.1) is 23.6 Å². The van der Waals surface area contributed by atoms with Gasteiger partial charge in [0.2, 0.25) is 6.29 Å². The molecular weight excluding hydrogens is 348 g/mol. The number of benzene rings is 1. The summed E-state index contributed by atoms with van der Waals surface area (Å²) >= 11 is 0. The molecular formula is C16H20BrN2O3. The van der Waals surface area contributed by atoms with Gasteiger partial charge in [-0.3, -0.25) is 4.79 Å². The van der Waals surface area contributed by atoms with E-state index in [4.69, 9.17) is 10.00 Å². The van der Waals surface area contributed by atoms with E-state index >= 15 is 0 Å². The second kappa shape index (κ2) is 10.1. The molecule has 0 aliphatic rings. The van der Waals surface area contributed by atoms with Crippen LogP contribution in [-0.2, 0) is 9.59 Å². The van der Waals surface area contributed by atoms with Gasteiger partial charge in [0.1, 0.15) is 18.1 Å². The number of hydrogen-bond donors (Lipinski definition) is 1. The van der Waals surface area contributed by atoms with E-state index < -0.39 is 11.5 Å². The van der Waals surface area contributed by atoms with Crippen molar-refractivity contribution in [2.45, 2.75) is 26.3 Å². The molecule has 1 radical (unpaired) electrons. The van der Waals surface area contributed by atoms with Gasteiger partial charge in [-0.05, 0) is 25.1 Å². The van der Waals surface area contributed by atoms with Crippen LogP contribution in [0.3, 0.4) is 0 Å². The molecule has 0 spiro atoms. The molecule has 0 fully saturated rings. The van der Waals surface area contributed by atoms with E-state index in [2.05, 4.69) is 11.4 Å². The minimum Gasteiger partial charge on any atom is -0.492 e. The summed E-state index contributed by atoms with van der Waals surface area (Å²) in [4.78, 5) is 21.8. The molecule has 1 atom stereocenters. The molecule has 1 rings (SSSR count). The molecule has 1 unspecified atom stereocenters.